The van der Waals surface area contributed by atoms with E-state index in [1.54, 1.807) is 0 Å². The fraction of sp³-hybridized carbons (Fsp3) is 0.0870. The maximum Gasteiger partial charge on any atom is 0.166 e. The van der Waals surface area contributed by atoms with Crippen LogP contribution >= 0.6 is 0 Å². The molecule has 0 aliphatic heterocycles. The number of aromatic nitrogens is 5. The van der Waals surface area contributed by atoms with Crippen LogP contribution in [0.3, 0.4) is 0 Å². The van der Waals surface area contributed by atoms with Crippen molar-refractivity contribution >= 4 is 43.6 Å². The van der Waals surface area contributed by atoms with Crippen molar-refractivity contribution in [2.75, 3.05) is 0 Å². The van der Waals surface area contributed by atoms with Gasteiger partial charge in [0.05, 0.1) is 27.8 Å². The summed E-state index contributed by atoms with van der Waals surface area (Å²) in [5.74, 6) is 1.82. The number of hydrogen-bond acceptors (Lipinski definition) is 3. The first-order valence-electron chi connectivity index (χ1n) is 25.5. The van der Waals surface area contributed by atoms with Gasteiger partial charge in [-0.1, -0.05) is 163 Å². The third-order valence-corrected chi connectivity index (χ3v) is 14.9. The highest BCUT2D eigenvalue weighted by Gasteiger charge is 2.24. The van der Waals surface area contributed by atoms with Crippen LogP contribution < -0.4 is 0 Å². The van der Waals surface area contributed by atoms with Gasteiger partial charge in [-0.15, -0.1) is 0 Å². The fourth-order valence-corrected chi connectivity index (χ4v) is 12.0. The summed E-state index contributed by atoms with van der Waals surface area (Å²) in [7, 11) is 0. The molecule has 13 rings (SSSR count). The fourth-order valence-electron chi connectivity index (χ4n) is 12.0. The summed E-state index contributed by atoms with van der Waals surface area (Å²) in [5.41, 5.74) is 24.1. The first-order chi connectivity index (χ1) is 36.2. The molecule has 0 bridgehead atoms. The lowest BCUT2D eigenvalue weighted by Gasteiger charge is -2.17. The molecule has 0 radical (unpaired) electrons. The van der Waals surface area contributed by atoms with E-state index in [0.29, 0.717) is 17.5 Å². The first kappa shape index (κ1) is 44.7. The second-order valence-electron chi connectivity index (χ2n) is 20.0. The van der Waals surface area contributed by atoms with E-state index in [0.717, 1.165) is 61.3 Å². The molecule has 0 atom stereocenters. The zero-order valence-electron chi connectivity index (χ0n) is 42.4. The van der Waals surface area contributed by atoms with Gasteiger partial charge in [0.15, 0.2) is 17.5 Å². The van der Waals surface area contributed by atoms with Crippen LogP contribution in [-0.2, 0) is 0 Å². The van der Waals surface area contributed by atoms with Crippen LogP contribution in [0, 0.1) is 41.5 Å². The van der Waals surface area contributed by atoms with Crippen molar-refractivity contribution < 1.29 is 0 Å². The second kappa shape index (κ2) is 17.8. The molecule has 5 nitrogen and oxygen atoms in total. The summed E-state index contributed by atoms with van der Waals surface area (Å²) >= 11 is 0. The standard InChI is InChI=1S/C69H53N5/c1-42-35-44(3)64(45(4)36-42)51-30-33-60-56(40-51)57-41-52(65-46(5)37-43(2)38-47(65)6)31-34-61(57)74(60)62-32-29-50(54-26-18-28-63-66(54)55-25-16-17-27-59(55)73(63)53-23-14-9-15-24-53)39-58(62)69-71-67(48-19-10-7-11-20-48)70-68(72-69)49-21-12-8-13-22-49/h7-41H,1-6H3. The van der Waals surface area contributed by atoms with E-state index >= 15 is 0 Å². The third kappa shape index (κ3) is 7.51. The number of hydrogen-bond donors (Lipinski definition) is 0. The normalized spacial score (nSPS) is 11.6. The number of para-hydroxylation sites is 2. The smallest absolute Gasteiger partial charge is 0.166 e. The van der Waals surface area contributed by atoms with Gasteiger partial charge in [-0.05, 0) is 158 Å². The molecule has 0 amide bonds. The molecule has 0 aliphatic rings. The number of benzene rings is 10. The quantitative estimate of drug-likeness (QED) is 0.152. The highest BCUT2D eigenvalue weighted by atomic mass is 15.1. The van der Waals surface area contributed by atoms with Gasteiger partial charge in [0.2, 0.25) is 0 Å². The Morgan fingerprint density at radius 2 is 0.757 bits per heavy atom. The van der Waals surface area contributed by atoms with Crippen molar-refractivity contribution in [1.82, 2.24) is 24.1 Å². The Labute approximate surface area is 431 Å². The molecule has 5 heteroatoms. The molecule has 10 aromatic carbocycles. The number of aryl methyl sites for hydroxylation is 6. The van der Waals surface area contributed by atoms with Gasteiger partial charge >= 0.3 is 0 Å². The minimum absolute atomic E-state index is 0.591. The van der Waals surface area contributed by atoms with Gasteiger partial charge < -0.3 is 9.13 Å². The van der Waals surface area contributed by atoms with Crippen molar-refractivity contribution in [2.45, 2.75) is 41.5 Å². The van der Waals surface area contributed by atoms with E-state index in [9.17, 15) is 0 Å². The number of nitrogens with zero attached hydrogens (tertiary/aromatic N) is 5. The highest BCUT2D eigenvalue weighted by Crippen LogP contribution is 2.44. The molecular formula is C69H53N5. The molecule has 3 heterocycles. The summed E-state index contributed by atoms with van der Waals surface area (Å²) in [6.07, 6.45) is 0. The molecule has 13 aromatic rings. The summed E-state index contributed by atoms with van der Waals surface area (Å²) in [6.45, 7) is 13.3. The van der Waals surface area contributed by atoms with Gasteiger partial charge in [0.25, 0.3) is 0 Å². The Hall–Kier alpha value is -9.19. The highest BCUT2D eigenvalue weighted by molar-refractivity contribution is 6.16. The van der Waals surface area contributed by atoms with E-state index in [-0.39, 0.29) is 0 Å². The van der Waals surface area contributed by atoms with Crippen LogP contribution in [0.25, 0.3) is 123 Å². The van der Waals surface area contributed by atoms with Crippen LogP contribution in [0.4, 0.5) is 0 Å². The lowest BCUT2D eigenvalue weighted by molar-refractivity contribution is 1.06. The third-order valence-electron chi connectivity index (χ3n) is 14.9. The number of fused-ring (bicyclic) bond motifs is 6. The van der Waals surface area contributed by atoms with Crippen LogP contribution in [0.1, 0.15) is 33.4 Å². The van der Waals surface area contributed by atoms with E-state index in [4.69, 9.17) is 15.0 Å². The van der Waals surface area contributed by atoms with Crippen molar-refractivity contribution in [1.29, 1.82) is 0 Å². The zero-order valence-corrected chi connectivity index (χ0v) is 42.4. The maximum absolute atomic E-state index is 5.44. The average Bonchev–Trinajstić information content (AvgIpc) is 3.94. The predicted molar refractivity (Wildman–Crippen MR) is 310 cm³/mol. The largest absolute Gasteiger partial charge is 0.309 e. The minimum Gasteiger partial charge on any atom is -0.309 e. The molecule has 0 N–H and O–H groups in total. The van der Waals surface area contributed by atoms with E-state index in [1.807, 2.05) is 36.4 Å². The Balaban J connectivity index is 1.13. The maximum atomic E-state index is 5.44. The Morgan fingerprint density at radius 3 is 1.31 bits per heavy atom. The number of rotatable bonds is 8. The van der Waals surface area contributed by atoms with Crippen LogP contribution in [0.15, 0.2) is 212 Å². The predicted octanol–water partition coefficient (Wildman–Crippen LogP) is 17.9. The summed E-state index contributed by atoms with van der Waals surface area (Å²) < 4.78 is 4.82. The van der Waals surface area contributed by atoms with Crippen LogP contribution in [0.2, 0.25) is 0 Å². The molecule has 0 aliphatic carbocycles. The van der Waals surface area contributed by atoms with Crippen molar-refractivity contribution in [3.63, 3.8) is 0 Å². The van der Waals surface area contributed by atoms with Gasteiger partial charge in [-0.25, -0.2) is 15.0 Å². The van der Waals surface area contributed by atoms with Gasteiger partial charge in [0.1, 0.15) is 0 Å². The lowest BCUT2D eigenvalue weighted by atomic mass is 9.91. The minimum atomic E-state index is 0.591. The molecular weight excluding hydrogens is 899 g/mol. The topological polar surface area (TPSA) is 48.5 Å². The molecule has 354 valence electrons. The summed E-state index contributed by atoms with van der Waals surface area (Å²) in [4.78, 5) is 16.0. The first-order valence-corrected chi connectivity index (χ1v) is 25.5. The van der Waals surface area contributed by atoms with E-state index < -0.39 is 0 Å². The van der Waals surface area contributed by atoms with Crippen molar-refractivity contribution in [2.24, 2.45) is 0 Å². The van der Waals surface area contributed by atoms with Crippen LogP contribution in [0.5, 0.6) is 0 Å². The van der Waals surface area contributed by atoms with Crippen LogP contribution in [-0.4, -0.2) is 24.1 Å². The Bertz CT molecular complexity index is 4130. The van der Waals surface area contributed by atoms with E-state index in [2.05, 4.69) is 227 Å². The molecule has 74 heavy (non-hydrogen) atoms. The second-order valence-corrected chi connectivity index (χ2v) is 20.0. The molecule has 0 saturated heterocycles. The average molecular weight is 952 g/mol. The zero-order chi connectivity index (χ0) is 50.2. The Morgan fingerprint density at radius 1 is 0.297 bits per heavy atom. The molecule has 3 aromatic heterocycles. The Kier molecular flexibility index (Phi) is 10.8. The van der Waals surface area contributed by atoms with E-state index in [1.165, 1.54) is 77.2 Å². The van der Waals surface area contributed by atoms with Crippen molar-refractivity contribution in [3.05, 3.63) is 246 Å². The van der Waals surface area contributed by atoms with Gasteiger partial charge in [0, 0.05) is 43.9 Å². The molecule has 0 saturated carbocycles. The molecule has 0 spiro atoms. The van der Waals surface area contributed by atoms with Crippen molar-refractivity contribution in [3.8, 4) is 78.9 Å². The summed E-state index contributed by atoms with van der Waals surface area (Å²) in [6, 6.07) is 76.8. The SMILES string of the molecule is Cc1cc(C)c(-c2ccc3c(c2)c2cc(-c4c(C)cc(C)cc4C)ccc2n3-c2ccc(-c3cccc4c3c3ccccc3n4-c3ccccc3)cc2-c2nc(-c3ccccc3)nc(-c3ccccc3)n2)c(C)c1. The monoisotopic (exact) mass is 951 g/mol. The van der Waals surface area contributed by atoms with Gasteiger partial charge in [-0.2, -0.15) is 0 Å². The lowest BCUT2D eigenvalue weighted by Crippen LogP contribution is -2.04. The molecule has 0 unspecified atom stereocenters. The summed E-state index contributed by atoms with van der Waals surface area (Å²) in [5, 5.41) is 4.75. The molecule has 0 fully saturated rings. The van der Waals surface area contributed by atoms with Gasteiger partial charge in [-0.3, -0.25) is 0 Å².